The van der Waals surface area contributed by atoms with Crippen molar-refractivity contribution in [1.82, 2.24) is 0 Å². The molecule has 0 amide bonds. The second-order valence-electron chi connectivity index (χ2n) is 3.54. The maximum absolute atomic E-state index is 12.5. The number of nitro groups is 1. The highest BCUT2D eigenvalue weighted by molar-refractivity contribution is 5.90. The van der Waals surface area contributed by atoms with Crippen LogP contribution in [0.2, 0.25) is 0 Å². The maximum atomic E-state index is 12.5. The van der Waals surface area contributed by atoms with Crippen molar-refractivity contribution in [2.24, 2.45) is 5.73 Å². The Labute approximate surface area is 105 Å². The summed E-state index contributed by atoms with van der Waals surface area (Å²) in [6.45, 7) is 0. The van der Waals surface area contributed by atoms with Crippen LogP contribution < -0.4 is 5.73 Å². The van der Waals surface area contributed by atoms with E-state index in [4.69, 9.17) is 5.73 Å². The summed E-state index contributed by atoms with van der Waals surface area (Å²) >= 11 is 0. The molecule has 1 atom stereocenters. The van der Waals surface area contributed by atoms with E-state index in [9.17, 15) is 28.1 Å². The average molecular weight is 278 g/mol. The predicted molar refractivity (Wildman–Crippen MR) is 57.4 cm³/mol. The molecule has 0 aliphatic carbocycles. The highest BCUT2D eigenvalue weighted by atomic mass is 19.4. The Morgan fingerprint density at radius 1 is 1.47 bits per heavy atom. The number of hydrogen-bond acceptors (Lipinski definition) is 5. The quantitative estimate of drug-likeness (QED) is 0.518. The molecular formula is C10H9F3N2O4. The number of nitro benzene ring substituents is 1. The van der Waals surface area contributed by atoms with Crippen LogP contribution in [0.25, 0.3) is 0 Å². The standard InChI is InChI=1S/C10H9F3N2O4/c1-19-9(16)5-2-3-6(7(4-5)15(17)18)8(14)10(11,12)13/h2-4,8H,14H2,1H3/t8-/m0/s1. The van der Waals surface area contributed by atoms with Gasteiger partial charge in [0, 0.05) is 6.07 Å². The van der Waals surface area contributed by atoms with E-state index < -0.39 is 34.4 Å². The Bertz CT molecular complexity index is 516. The predicted octanol–water partition coefficient (Wildman–Crippen LogP) is 1.94. The molecule has 6 nitrogen and oxygen atoms in total. The zero-order valence-electron chi connectivity index (χ0n) is 9.60. The lowest BCUT2D eigenvalue weighted by atomic mass is 10.0. The van der Waals surface area contributed by atoms with E-state index in [1.807, 2.05) is 0 Å². The molecule has 1 rings (SSSR count). The average Bonchev–Trinajstić information content (AvgIpc) is 2.35. The molecule has 0 radical (unpaired) electrons. The molecule has 9 heteroatoms. The smallest absolute Gasteiger partial charge is 0.407 e. The second kappa shape index (κ2) is 5.22. The summed E-state index contributed by atoms with van der Waals surface area (Å²) in [6, 6.07) is -0.0191. The van der Waals surface area contributed by atoms with E-state index in [1.165, 1.54) is 0 Å². The first-order chi connectivity index (χ1) is 8.68. The summed E-state index contributed by atoms with van der Waals surface area (Å²) in [6.07, 6.45) is -4.82. The number of alkyl halides is 3. The minimum absolute atomic E-state index is 0.229. The van der Waals surface area contributed by atoms with Crippen LogP contribution in [0.3, 0.4) is 0 Å². The third-order valence-electron chi connectivity index (χ3n) is 2.34. The van der Waals surface area contributed by atoms with E-state index >= 15 is 0 Å². The second-order valence-corrected chi connectivity index (χ2v) is 3.54. The number of halogens is 3. The zero-order chi connectivity index (χ0) is 14.8. The lowest BCUT2D eigenvalue weighted by Crippen LogP contribution is -2.29. The molecular weight excluding hydrogens is 269 g/mol. The van der Waals surface area contributed by atoms with Crippen molar-refractivity contribution in [2.75, 3.05) is 7.11 Å². The van der Waals surface area contributed by atoms with Crippen LogP contribution in [-0.2, 0) is 4.74 Å². The van der Waals surface area contributed by atoms with Crippen LogP contribution >= 0.6 is 0 Å². The molecule has 0 heterocycles. The molecule has 0 aromatic heterocycles. The van der Waals surface area contributed by atoms with Gasteiger partial charge in [-0.2, -0.15) is 13.2 Å². The van der Waals surface area contributed by atoms with Crippen molar-refractivity contribution in [3.63, 3.8) is 0 Å². The third-order valence-corrected chi connectivity index (χ3v) is 2.34. The molecule has 0 saturated heterocycles. The summed E-state index contributed by atoms with van der Waals surface area (Å²) in [5.41, 5.74) is 3.10. The fourth-order valence-corrected chi connectivity index (χ4v) is 1.39. The van der Waals surface area contributed by atoms with Crippen LogP contribution in [0, 0.1) is 10.1 Å². The van der Waals surface area contributed by atoms with Crippen molar-refractivity contribution < 1.29 is 27.6 Å². The van der Waals surface area contributed by atoms with Gasteiger partial charge in [-0.05, 0) is 12.1 Å². The van der Waals surface area contributed by atoms with E-state index in [2.05, 4.69) is 4.74 Å². The monoisotopic (exact) mass is 278 g/mol. The van der Waals surface area contributed by atoms with Crippen molar-refractivity contribution in [1.29, 1.82) is 0 Å². The first kappa shape index (κ1) is 14.9. The third kappa shape index (κ3) is 3.19. The number of ether oxygens (including phenoxy) is 1. The SMILES string of the molecule is COC(=O)c1ccc([C@H](N)C(F)(F)F)c([N+](=O)[O-])c1. The van der Waals surface area contributed by atoms with Crippen molar-refractivity contribution in [3.05, 3.63) is 39.4 Å². The summed E-state index contributed by atoms with van der Waals surface area (Å²) < 4.78 is 41.7. The molecule has 104 valence electrons. The van der Waals surface area contributed by atoms with E-state index in [1.54, 1.807) is 0 Å². The maximum Gasteiger partial charge on any atom is 0.407 e. The number of nitrogens with zero attached hydrogens (tertiary/aromatic N) is 1. The summed E-state index contributed by atoms with van der Waals surface area (Å²) in [5.74, 6) is -0.893. The molecule has 2 N–H and O–H groups in total. The minimum atomic E-state index is -4.82. The molecule has 0 fully saturated rings. The van der Waals surface area contributed by atoms with Crippen molar-refractivity contribution >= 4 is 11.7 Å². The highest BCUT2D eigenvalue weighted by Gasteiger charge is 2.41. The Hall–Kier alpha value is -2.16. The summed E-state index contributed by atoms with van der Waals surface area (Å²) in [4.78, 5) is 20.9. The fourth-order valence-electron chi connectivity index (χ4n) is 1.39. The van der Waals surface area contributed by atoms with Gasteiger partial charge in [0.2, 0.25) is 0 Å². The Balaban J connectivity index is 3.35. The highest BCUT2D eigenvalue weighted by Crippen LogP contribution is 2.35. The summed E-state index contributed by atoms with van der Waals surface area (Å²) in [5, 5.41) is 10.7. The number of rotatable bonds is 3. The molecule has 0 spiro atoms. The van der Waals surface area contributed by atoms with Gasteiger partial charge in [0.15, 0.2) is 0 Å². The van der Waals surface area contributed by atoms with Gasteiger partial charge in [-0.25, -0.2) is 4.79 Å². The topological polar surface area (TPSA) is 95.5 Å². The number of carbonyl (C=O) groups excluding carboxylic acids is 1. The van der Waals surface area contributed by atoms with Crippen LogP contribution in [0.5, 0.6) is 0 Å². The molecule has 1 aromatic carbocycles. The molecule has 19 heavy (non-hydrogen) atoms. The van der Waals surface area contributed by atoms with Gasteiger partial charge in [0.1, 0.15) is 6.04 Å². The summed E-state index contributed by atoms with van der Waals surface area (Å²) in [7, 11) is 1.05. The van der Waals surface area contributed by atoms with Gasteiger partial charge in [0.25, 0.3) is 5.69 Å². The van der Waals surface area contributed by atoms with Gasteiger partial charge < -0.3 is 10.5 Å². The van der Waals surface area contributed by atoms with Crippen LogP contribution in [-0.4, -0.2) is 24.2 Å². The van der Waals surface area contributed by atoms with Crippen LogP contribution in [0.15, 0.2) is 18.2 Å². The first-order valence-electron chi connectivity index (χ1n) is 4.87. The molecule has 0 aliphatic heterocycles. The number of benzene rings is 1. The molecule has 0 saturated carbocycles. The lowest BCUT2D eigenvalue weighted by molar-refractivity contribution is -0.386. The number of nitrogens with two attached hydrogens (primary N) is 1. The lowest BCUT2D eigenvalue weighted by Gasteiger charge is -2.16. The zero-order valence-corrected chi connectivity index (χ0v) is 9.60. The van der Waals surface area contributed by atoms with Crippen molar-refractivity contribution in [2.45, 2.75) is 12.2 Å². The molecule has 0 bridgehead atoms. The number of carbonyl (C=O) groups is 1. The number of hydrogen-bond donors (Lipinski definition) is 1. The number of methoxy groups -OCH3 is 1. The minimum Gasteiger partial charge on any atom is -0.465 e. The van der Waals surface area contributed by atoms with Gasteiger partial charge >= 0.3 is 12.1 Å². The van der Waals surface area contributed by atoms with E-state index in [0.717, 1.165) is 19.2 Å². The van der Waals surface area contributed by atoms with Gasteiger partial charge in [-0.15, -0.1) is 0 Å². The van der Waals surface area contributed by atoms with Gasteiger partial charge in [-0.1, -0.05) is 0 Å². The Morgan fingerprint density at radius 2 is 2.05 bits per heavy atom. The van der Waals surface area contributed by atoms with E-state index in [0.29, 0.717) is 6.07 Å². The van der Waals surface area contributed by atoms with Gasteiger partial charge in [-0.3, -0.25) is 10.1 Å². The normalized spacial score (nSPS) is 12.9. The molecule has 0 unspecified atom stereocenters. The fraction of sp³-hybridized carbons (Fsp3) is 0.300. The van der Waals surface area contributed by atoms with Crippen molar-refractivity contribution in [3.8, 4) is 0 Å². The van der Waals surface area contributed by atoms with Gasteiger partial charge in [0.05, 0.1) is 23.2 Å². The Morgan fingerprint density at radius 3 is 2.47 bits per heavy atom. The largest absolute Gasteiger partial charge is 0.465 e. The Kier molecular flexibility index (Phi) is 4.10. The first-order valence-corrected chi connectivity index (χ1v) is 4.87. The van der Waals surface area contributed by atoms with Crippen LogP contribution in [0.4, 0.5) is 18.9 Å². The van der Waals surface area contributed by atoms with Crippen LogP contribution in [0.1, 0.15) is 22.0 Å². The van der Waals surface area contributed by atoms with E-state index in [-0.39, 0.29) is 5.56 Å². The molecule has 1 aromatic rings. The number of esters is 1. The molecule has 0 aliphatic rings.